The first-order valence-electron chi connectivity index (χ1n) is 22.2. The number of carboxylic acid groups (broad SMARTS) is 3. The smallest absolute Gasteiger partial charge is 0.326 e. The van der Waals surface area contributed by atoms with Crippen LogP contribution >= 0.6 is 0 Å². The number of carbonyl (C=O) groups excluding carboxylic acids is 7. The maximum Gasteiger partial charge on any atom is 0.326 e. The molecule has 24 nitrogen and oxygen atoms in total. The van der Waals surface area contributed by atoms with Crippen LogP contribution in [0.1, 0.15) is 63.6 Å². The molecule has 0 radical (unpaired) electrons. The van der Waals surface area contributed by atoms with Gasteiger partial charge < -0.3 is 57.6 Å². The average molecular weight is 991 g/mol. The van der Waals surface area contributed by atoms with Gasteiger partial charge in [0.2, 0.25) is 41.4 Å². The van der Waals surface area contributed by atoms with Crippen LogP contribution in [0.25, 0.3) is 0 Å². The number of rotatable bonds is 28. The Morgan fingerprint density at radius 1 is 0.507 bits per heavy atom. The normalized spacial score (nSPS) is 14.3. The monoisotopic (exact) mass is 990 g/mol. The molecule has 0 unspecified atom stereocenters. The number of aliphatic hydroxyl groups excluding tert-OH is 1. The largest absolute Gasteiger partial charge is 0.481 e. The summed E-state index contributed by atoms with van der Waals surface area (Å²) in [5.74, 6) is -12.3. The van der Waals surface area contributed by atoms with Crippen LogP contribution in [0.3, 0.4) is 0 Å². The van der Waals surface area contributed by atoms with Crippen molar-refractivity contribution in [2.75, 3.05) is 0 Å². The van der Waals surface area contributed by atoms with E-state index < -0.39 is 125 Å². The predicted octanol–water partition coefficient (Wildman–Crippen LogP) is -0.503. The van der Waals surface area contributed by atoms with Crippen molar-refractivity contribution in [3.63, 3.8) is 0 Å². The lowest BCUT2D eigenvalue weighted by Gasteiger charge is -2.28. The van der Waals surface area contributed by atoms with Gasteiger partial charge in [0.05, 0.1) is 30.3 Å². The van der Waals surface area contributed by atoms with Gasteiger partial charge in [-0.3, -0.25) is 53.3 Å². The molecule has 8 atom stereocenters. The molecule has 3 rings (SSSR count). The van der Waals surface area contributed by atoms with Crippen molar-refractivity contribution >= 4 is 64.9 Å². The van der Waals surface area contributed by atoms with Crippen molar-refractivity contribution in [1.82, 2.24) is 37.2 Å². The quantitative estimate of drug-likeness (QED) is 0.0323. The molecule has 0 fully saturated rings. The topological polar surface area (TPSA) is 379 Å². The van der Waals surface area contributed by atoms with Crippen LogP contribution in [0.2, 0.25) is 0 Å². The first kappa shape index (κ1) is 57.0. The molecule has 382 valence electrons. The van der Waals surface area contributed by atoms with E-state index in [0.29, 0.717) is 16.7 Å². The lowest BCUT2D eigenvalue weighted by molar-refractivity contribution is -0.384. The minimum absolute atomic E-state index is 0.0842. The van der Waals surface area contributed by atoms with Crippen LogP contribution in [0.5, 0.6) is 0 Å². The van der Waals surface area contributed by atoms with E-state index in [1.54, 1.807) is 74.5 Å². The first-order valence-corrected chi connectivity index (χ1v) is 22.2. The third-order valence-corrected chi connectivity index (χ3v) is 10.5. The fourth-order valence-electron chi connectivity index (χ4n) is 6.89. The number of benzene rings is 3. The highest BCUT2D eigenvalue weighted by atomic mass is 16.6. The molecule has 0 saturated heterocycles. The summed E-state index contributed by atoms with van der Waals surface area (Å²) in [6.07, 6.45) is -4.36. The minimum atomic E-state index is -1.91. The van der Waals surface area contributed by atoms with Gasteiger partial charge in [-0.15, -0.1) is 0 Å². The molecule has 0 heterocycles. The fourth-order valence-corrected chi connectivity index (χ4v) is 6.89. The molecular formula is C47H58N8O16. The van der Waals surface area contributed by atoms with Crippen LogP contribution in [-0.2, 0) is 67.2 Å². The number of carboxylic acids is 3. The Hall–Kier alpha value is -8.28. The molecule has 7 amide bonds. The maximum atomic E-state index is 13.8. The number of nitrogens with one attached hydrogen (secondary N) is 7. The number of amides is 7. The third-order valence-electron chi connectivity index (χ3n) is 10.5. The van der Waals surface area contributed by atoms with Crippen LogP contribution in [0.15, 0.2) is 84.9 Å². The standard InChI is InChI=1S/C47H58N8O16/c1-25(2)19-32(52-46(67)40(27(4)56)54-45(66)33(20-28-11-7-5-8-12-28)49-37(57)22-30-15-17-31(18-16-30)55(70)71)43(64)51-34(23-38(58)59)42(63)48-26(3)41(62)50-35(24-39(60)61)44(65)53-36(47(68)69)21-29-13-9-6-10-14-29/h5-18,25-27,32-36,40,56H,19-24H2,1-4H3,(H,48,63)(H,49,57)(H,50,62)(H,51,64)(H,52,67)(H,53,65)(H,54,66)(H,58,59)(H,60,61)(H,68,69)/t26-,27+,32-,33-,34-,35-,36-,40-/m0/s1. The van der Waals surface area contributed by atoms with E-state index in [9.17, 15) is 78.5 Å². The number of carbonyl (C=O) groups is 10. The number of aliphatic hydroxyl groups is 1. The van der Waals surface area contributed by atoms with Crippen molar-refractivity contribution in [3.8, 4) is 0 Å². The van der Waals surface area contributed by atoms with Crippen LogP contribution in [0, 0.1) is 16.0 Å². The summed E-state index contributed by atoms with van der Waals surface area (Å²) in [5, 5.41) is 66.8. The van der Waals surface area contributed by atoms with Gasteiger partial charge in [0.1, 0.15) is 42.3 Å². The highest BCUT2D eigenvalue weighted by Gasteiger charge is 2.36. The molecule has 71 heavy (non-hydrogen) atoms. The first-order chi connectivity index (χ1) is 33.4. The molecule has 0 aliphatic rings. The Bertz CT molecular complexity index is 2380. The zero-order valence-electron chi connectivity index (χ0n) is 39.2. The molecule has 0 aliphatic carbocycles. The van der Waals surface area contributed by atoms with Crippen molar-refractivity contribution in [1.29, 1.82) is 0 Å². The molecule has 0 saturated carbocycles. The second kappa shape index (κ2) is 27.6. The van der Waals surface area contributed by atoms with Crippen molar-refractivity contribution in [2.24, 2.45) is 5.92 Å². The molecule has 0 bridgehead atoms. The van der Waals surface area contributed by atoms with Crippen LogP contribution in [-0.4, -0.2) is 133 Å². The van der Waals surface area contributed by atoms with E-state index in [-0.39, 0.29) is 37.3 Å². The zero-order chi connectivity index (χ0) is 52.9. The van der Waals surface area contributed by atoms with E-state index in [2.05, 4.69) is 37.2 Å². The van der Waals surface area contributed by atoms with Crippen molar-refractivity contribution in [2.45, 2.75) is 115 Å². The lowest BCUT2D eigenvalue weighted by atomic mass is 10.0. The zero-order valence-corrected chi connectivity index (χ0v) is 39.2. The summed E-state index contributed by atoms with van der Waals surface area (Å²) >= 11 is 0. The second-order valence-electron chi connectivity index (χ2n) is 17.0. The summed E-state index contributed by atoms with van der Waals surface area (Å²) < 4.78 is 0. The minimum Gasteiger partial charge on any atom is -0.481 e. The van der Waals surface area contributed by atoms with Gasteiger partial charge in [-0.05, 0) is 42.9 Å². The number of aliphatic carboxylic acids is 3. The van der Waals surface area contributed by atoms with Gasteiger partial charge in [0, 0.05) is 25.0 Å². The Kier molecular flexibility index (Phi) is 22.2. The Morgan fingerprint density at radius 2 is 0.944 bits per heavy atom. The van der Waals surface area contributed by atoms with Gasteiger partial charge in [0.15, 0.2) is 0 Å². The van der Waals surface area contributed by atoms with Gasteiger partial charge in [-0.2, -0.15) is 0 Å². The molecule has 0 aromatic heterocycles. The summed E-state index contributed by atoms with van der Waals surface area (Å²) in [6.45, 7) is 5.59. The number of hydrogen-bond donors (Lipinski definition) is 11. The van der Waals surface area contributed by atoms with Gasteiger partial charge in [-0.25, -0.2) is 4.79 Å². The van der Waals surface area contributed by atoms with E-state index >= 15 is 0 Å². The molecule has 0 aliphatic heterocycles. The maximum absolute atomic E-state index is 13.8. The van der Waals surface area contributed by atoms with Crippen molar-refractivity contribution < 1.29 is 73.3 Å². The average Bonchev–Trinajstić information content (AvgIpc) is 3.29. The SMILES string of the molecule is CC(C)C[C@H](NC(=O)[C@@H](NC(=O)[C@H](Cc1ccccc1)NC(=O)Cc1ccc([N+](=O)[O-])cc1)[C@@H](C)O)C(=O)N[C@@H](CC(=O)O)C(=O)N[C@@H](C)C(=O)N[C@@H](CC(=O)O)C(=O)N[C@@H](Cc1ccccc1)C(=O)O. The molecule has 0 spiro atoms. The number of hydrogen-bond acceptors (Lipinski definition) is 13. The summed E-state index contributed by atoms with van der Waals surface area (Å²) in [4.78, 5) is 140. The summed E-state index contributed by atoms with van der Waals surface area (Å²) in [5.41, 5.74) is 1.32. The van der Waals surface area contributed by atoms with E-state index in [0.717, 1.165) is 6.92 Å². The number of nitrogens with zero attached hydrogens (tertiary/aromatic N) is 1. The Morgan fingerprint density at radius 3 is 1.41 bits per heavy atom. The third kappa shape index (κ3) is 19.7. The number of non-ortho nitro benzene ring substituents is 1. The fraction of sp³-hybridized carbons (Fsp3) is 0.404. The second-order valence-corrected chi connectivity index (χ2v) is 17.0. The molecule has 11 N–H and O–H groups in total. The Balaban J connectivity index is 1.75. The van der Waals surface area contributed by atoms with E-state index in [1.807, 2.05) is 0 Å². The molecular weight excluding hydrogens is 933 g/mol. The summed E-state index contributed by atoms with van der Waals surface area (Å²) in [7, 11) is 0. The van der Waals surface area contributed by atoms with Gasteiger partial charge >= 0.3 is 17.9 Å². The van der Waals surface area contributed by atoms with Gasteiger partial charge in [-0.1, -0.05) is 86.6 Å². The molecule has 3 aromatic rings. The van der Waals surface area contributed by atoms with Crippen molar-refractivity contribution in [3.05, 3.63) is 112 Å². The van der Waals surface area contributed by atoms with Crippen LogP contribution < -0.4 is 37.2 Å². The number of nitro benzene ring substituents is 1. The number of nitro groups is 1. The predicted molar refractivity (Wildman–Crippen MR) is 250 cm³/mol. The highest BCUT2D eigenvalue weighted by molar-refractivity contribution is 5.99. The molecule has 24 heteroatoms. The van der Waals surface area contributed by atoms with E-state index in [1.165, 1.54) is 31.2 Å². The van der Waals surface area contributed by atoms with Crippen LogP contribution in [0.4, 0.5) is 5.69 Å². The lowest BCUT2D eigenvalue weighted by Crippen LogP contribution is -2.61. The molecule has 3 aromatic carbocycles. The Labute approximate surface area is 406 Å². The highest BCUT2D eigenvalue weighted by Crippen LogP contribution is 2.14. The summed E-state index contributed by atoms with van der Waals surface area (Å²) in [6, 6.07) is 10.3. The van der Waals surface area contributed by atoms with E-state index in [4.69, 9.17) is 0 Å². The van der Waals surface area contributed by atoms with Gasteiger partial charge in [0.25, 0.3) is 5.69 Å².